The van der Waals surface area contributed by atoms with Gasteiger partial charge in [-0.15, -0.1) is 0 Å². The number of ether oxygens (including phenoxy) is 1. The van der Waals surface area contributed by atoms with Gasteiger partial charge in [0.05, 0.1) is 19.4 Å². The van der Waals surface area contributed by atoms with E-state index in [2.05, 4.69) is 5.10 Å². The molecule has 1 heterocycles. The zero-order chi connectivity index (χ0) is 16.3. The number of nitrogens with zero attached hydrogens (tertiary/aromatic N) is 2. The van der Waals surface area contributed by atoms with Crippen molar-refractivity contribution in [2.75, 3.05) is 7.11 Å². The van der Waals surface area contributed by atoms with Crippen LogP contribution in [0.15, 0.2) is 29.1 Å². The van der Waals surface area contributed by atoms with Gasteiger partial charge in [0, 0.05) is 17.7 Å². The molecule has 0 aliphatic rings. The molecule has 0 radical (unpaired) electrons. The van der Waals surface area contributed by atoms with E-state index in [-0.39, 0.29) is 18.1 Å². The molecule has 1 aromatic carbocycles. The molecular weight excluding hydrogens is 280 g/mol. The molecule has 0 spiro atoms. The van der Waals surface area contributed by atoms with E-state index in [0.29, 0.717) is 23.6 Å². The van der Waals surface area contributed by atoms with E-state index in [1.807, 2.05) is 39.0 Å². The summed E-state index contributed by atoms with van der Waals surface area (Å²) < 4.78 is 6.81. The summed E-state index contributed by atoms with van der Waals surface area (Å²) in [7, 11) is 1.60. The van der Waals surface area contributed by atoms with E-state index in [1.165, 1.54) is 4.68 Å². The smallest absolute Gasteiger partial charge is 0.272 e. The van der Waals surface area contributed by atoms with E-state index in [0.717, 1.165) is 11.1 Å². The number of hydrogen-bond acceptors (Lipinski definition) is 4. The summed E-state index contributed by atoms with van der Waals surface area (Å²) in [6.45, 7) is 6.23. The molecule has 1 N–H and O–H groups in total. The van der Waals surface area contributed by atoms with Crippen LogP contribution in [-0.2, 0) is 13.2 Å². The Kier molecular flexibility index (Phi) is 4.98. The van der Waals surface area contributed by atoms with Crippen molar-refractivity contribution in [2.24, 2.45) is 5.92 Å². The van der Waals surface area contributed by atoms with Crippen LogP contribution in [0.3, 0.4) is 0 Å². The molecule has 5 heteroatoms. The van der Waals surface area contributed by atoms with Crippen molar-refractivity contribution in [3.05, 3.63) is 45.7 Å². The second-order valence-electron chi connectivity index (χ2n) is 5.80. The van der Waals surface area contributed by atoms with Crippen LogP contribution in [0.2, 0.25) is 0 Å². The third-order valence-corrected chi connectivity index (χ3v) is 3.39. The van der Waals surface area contributed by atoms with Gasteiger partial charge in [-0.2, -0.15) is 5.10 Å². The average molecular weight is 302 g/mol. The number of methoxy groups -OCH3 is 1. The summed E-state index contributed by atoms with van der Waals surface area (Å²) in [5, 5.41) is 13.9. The lowest BCUT2D eigenvalue weighted by Crippen LogP contribution is -2.28. The summed E-state index contributed by atoms with van der Waals surface area (Å²) in [5.41, 5.74) is 2.62. The maximum atomic E-state index is 12.2. The molecule has 0 fully saturated rings. The lowest BCUT2D eigenvalue weighted by molar-refractivity contribution is 0.277. The minimum atomic E-state index is -0.305. The molecule has 1 aromatic heterocycles. The SMILES string of the molecule is COc1ccc(C)cc1-c1cc(CO)c(=O)n(CC(C)C)n1. The van der Waals surface area contributed by atoms with Gasteiger partial charge in [-0.25, -0.2) is 4.68 Å². The number of aromatic nitrogens is 2. The fourth-order valence-electron chi connectivity index (χ4n) is 2.33. The van der Waals surface area contributed by atoms with E-state index >= 15 is 0 Å². The van der Waals surface area contributed by atoms with E-state index in [4.69, 9.17) is 4.74 Å². The Morgan fingerprint density at radius 2 is 2.05 bits per heavy atom. The maximum Gasteiger partial charge on any atom is 0.272 e. The Morgan fingerprint density at radius 1 is 1.32 bits per heavy atom. The molecule has 0 saturated heterocycles. The first kappa shape index (κ1) is 16.2. The zero-order valence-corrected chi connectivity index (χ0v) is 13.5. The molecular formula is C17H22N2O3. The van der Waals surface area contributed by atoms with Crippen LogP contribution < -0.4 is 10.3 Å². The second kappa shape index (κ2) is 6.75. The van der Waals surface area contributed by atoms with E-state index < -0.39 is 0 Å². The molecule has 0 saturated carbocycles. The molecule has 0 bridgehead atoms. The van der Waals surface area contributed by atoms with Crippen molar-refractivity contribution >= 4 is 0 Å². The van der Waals surface area contributed by atoms with Gasteiger partial charge in [0.15, 0.2) is 0 Å². The highest BCUT2D eigenvalue weighted by atomic mass is 16.5. The highest BCUT2D eigenvalue weighted by Crippen LogP contribution is 2.29. The van der Waals surface area contributed by atoms with E-state index in [1.54, 1.807) is 13.2 Å². The first-order valence-electron chi connectivity index (χ1n) is 7.33. The Hall–Kier alpha value is -2.14. The number of aliphatic hydroxyl groups is 1. The van der Waals surface area contributed by atoms with Gasteiger partial charge in [-0.1, -0.05) is 25.5 Å². The highest BCUT2D eigenvalue weighted by Gasteiger charge is 2.14. The van der Waals surface area contributed by atoms with Crippen LogP contribution in [0.25, 0.3) is 11.3 Å². The average Bonchev–Trinajstić information content (AvgIpc) is 2.48. The minimum Gasteiger partial charge on any atom is -0.496 e. The Bertz CT molecular complexity index is 720. The first-order valence-corrected chi connectivity index (χ1v) is 7.33. The predicted octanol–water partition coefficient (Wildman–Crippen LogP) is 2.38. The molecule has 0 aliphatic heterocycles. The Balaban J connectivity index is 2.65. The normalized spacial score (nSPS) is 11.0. The van der Waals surface area contributed by atoms with Crippen molar-refractivity contribution in [1.29, 1.82) is 0 Å². The predicted molar refractivity (Wildman–Crippen MR) is 86.0 cm³/mol. The van der Waals surface area contributed by atoms with Crippen molar-refractivity contribution in [2.45, 2.75) is 33.9 Å². The fraction of sp³-hybridized carbons (Fsp3) is 0.412. The second-order valence-corrected chi connectivity index (χ2v) is 5.80. The quantitative estimate of drug-likeness (QED) is 0.921. The van der Waals surface area contributed by atoms with Crippen LogP contribution in [0, 0.1) is 12.8 Å². The summed E-state index contributed by atoms with van der Waals surface area (Å²) >= 11 is 0. The van der Waals surface area contributed by atoms with Crippen LogP contribution >= 0.6 is 0 Å². The third-order valence-electron chi connectivity index (χ3n) is 3.39. The fourth-order valence-corrected chi connectivity index (χ4v) is 2.33. The van der Waals surface area contributed by atoms with Crippen molar-refractivity contribution in [3.8, 4) is 17.0 Å². The van der Waals surface area contributed by atoms with Gasteiger partial charge in [-0.3, -0.25) is 4.79 Å². The summed E-state index contributed by atoms with van der Waals surface area (Å²) in [6.07, 6.45) is 0. The first-order chi connectivity index (χ1) is 10.5. The van der Waals surface area contributed by atoms with Gasteiger partial charge >= 0.3 is 0 Å². The largest absolute Gasteiger partial charge is 0.496 e. The highest BCUT2D eigenvalue weighted by molar-refractivity contribution is 5.68. The number of rotatable bonds is 5. The number of benzene rings is 1. The van der Waals surface area contributed by atoms with Crippen LogP contribution in [0.1, 0.15) is 25.0 Å². The zero-order valence-electron chi connectivity index (χ0n) is 13.5. The standard InChI is InChI=1S/C17H22N2O3/c1-11(2)9-19-17(21)13(10-20)8-15(18-19)14-7-12(3)5-6-16(14)22-4/h5-8,11,20H,9-10H2,1-4H3. The van der Waals surface area contributed by atoms with Crippen LogP contribution in [-0.4, -0.2) is 22.0 Å². The topological polar surface area (TPSA) is 64.3 Å². The van der Waals surface area contributed by atoms with E-state index in [9.17, 15) is 9.90 Å². The number of hydrogen-bond donors (Lipinski definition) is 1. The molecule has 5 nitrogen and oxygen atoms in total. The van der Waals surface area contributed by atoms with Gasteiger partial charge in [0.1, 0.15) is 5.75 Å². The summed E-state index contributed by atoms with van der Waals surface area (Å²) in [4.78, 5) is 12.2. The molecule has 118 valence electrons. The van der Waals surface area contributed by atoms with Gasteiger partial charge in [0.2, 0.25) is 0 Å². The van der Waals surface area contributed by atoms with Gasteiger partial charge in [0.25, 0.3) is 5.56 Å². The monoisotopic (exact) mass is 302 g/mol. The molecule has 2 aromatic rings. The molecule has 0 aliphatic carbocycles. The van der Waals surface area contributed by atoms with Gasteiger partial charge < -0.3 is 9.84 Å². The van der Waals surface area contributed by atoms with Crippen molar-refractivity contribution < 1.29 is 9.84 Å². The van der Waals surface area contributed by atoms with Crippen LogP contribution in [0.5, 0.6) is 5.75 Å². The molecule has 22 heavy (non-hydrogen) atoms. The summed E-state index contributed by atoms with van der Waals surface area (Å²) in [5.74, 6) is 0.975. The Morgan fingerprint density at radius 3 is 2.64 bits per heavy atom. The minimum absolute atomic E-state index is 0.244. The lowest BCUT2D eigenvalue weighted by atomic mass is 10.1. The maximum absolute atomic E-state index is 12.2. The van der Waals surface area contributed by atoms with Gasteiger partial charge in [-0.05, 0) is 31.0 Å². The number of aliphatic hydroxyl groups excluding tert-OH is 1. The lowest BCUT2D eigenvalue weighted by Gasteiger charge is -2.14. The molecule has 2 rings (SSSR count). The molecule has 0 amide bonds. The van der Waals surface area contributed by atoms with Crippen molar-refractivity contribution in [3.63, 3.8) is 0 Å². The van der Waals surface area contributed by atoms with Crippen LogP contribution in [0.4, 0.5) is 0 Å². The summed E-state index contributed by atoms with van der Waals surface area (Å²) in [6, 6.07) is 7.44. The third kappa shape index (κ3) is 3.36. The number of aryl methyl sites for hydroxylation is 1. The molecule has 0 atom stereocenters. The molecule has 0 unspecified atom stereocenters. The van der Waals surface area contributed by atoms with Crippen molar-refractivity contribution in [1.82, 2.24) is 9.78 Å². The Labute approximate surface area is 130 Å².